The molecular weight excluding hydrogens is 469 g/mol. The minimum Gasteiger partial charge on any atom is -0.406 e. The summed E-state index contributed by atoms with van der Waals surface area (Å²) in [5.74, 6) is 1.83. The molecule has 198 valence electrons. The van der Waals surface area contributed by atoms with Gasteiger partial charge in [-0.05, 0) is 47.8 Å². The number of imidazole rings is 1. The molecule has 1 aliphatic heterocycles. The van der Waals surface area contributed by atoms with Crippen LogP contribution in [0.25, 0.3) is 0 Å². The molecule has 1 aromatic heterocycles. The molecule has 1 saturated carbocycles. The van der Waals surface area contributed by atoms with Gasteiger partial charge in [-0.15, -0.1) is 13.2 Å². The van der Waals surface area contributed by atoms with Gasteiger partial charge in [-0.3, -0.25) is 4.79 Å². The minimum atomic E-state index is -4.76. The third-order valence-electron chi connectivity index (χ3n) is 7.65. The molecule has 1 saturated heterocycles. The maximum absolute atomic E-state index is 13.3. The molecule has 2 heterocycles. The average Bonchev–Trinajstić information content (AvgIpc) is 3.15. The van der Waals surface area contributed by atoms with Gasteiger partial charge in [0.2, 0.25) is 0 Å². The Hall–Kier alpha value is -2.55. The molecule has 0 bridgehead atoms. The van der Waals surface area contributed by atoms with Crippen molar-refractivity contribution in [2.75, 3.05) is 26.2 Å². The quantitative estimate of drug-likeness (QED) is 0.389. The zero-order valence-electron chi connectivity index (χ0n) is 21.4. The number of unbranched alkanes of at least 4 members (excludes halogenated alkanes) is 1. The number of alkyl halides is 3. The summed E-state index contributed by atoms with van der Waals surface area (Å²) in [5.41, 5.74) is 0.935. The Kier molecular flexibility index (Phi) is 8.27. The number of halogens is 3. The molecule has 3 atom stereocenters. The van der Waals surface area contributed by atoms with Crippen LogP contribution in [-0.4, -0.2) is 57.8 Å². The minimum absolute atomic E-state index is 0.204. The first-order chi connectivity index (χ1) is 17.2. The van der Waals surface area contributed by atoms with Gasteiger partial charge >= 0.3 is 6.36 Å². The maximum Gasteiger partial charge on any atom is 0.573 e. The van der Waals surface area contributed by atoms with E-state index in [9.17, 15) is 18.0 Å². The number of hydrogen-bond acceptors (Lipinski definition) is 4. The van der Waals surface area contributed by atoms with Gasteiger partial charge in [0.25, 0.3) is 5.91 Å². The summed E-state index contributed by atoms with van der Waals surface area (Å²) in [6.45, 7) is 8.58. The predicted molar refractivity (Wildman–Crippen MR) is 131 cm³/mol. The largest absolute Gasteiger partial charge is 0.573 e. The molecule has 3 unspecified atom stereocenters. The molecule has 6 nitrogen and oxygen atoms in total. The zero-order valence-corrected chi connectivity index (χ0v) is 21.4. The Morgan fingerprint density at radius 2 is 2.00 bits per heavy atom. The highest BCUT2D eigenvalue weighted by Crippen LogP contribution is 2.52. The number of ether oxygens (including phenoxy) is 1. The lowest BCUT2D eigenvalue weighted by Crippen LogP contribution is -2.36. The van der Waals surface area contributed by atoms with Gasteiger partial charge in [0, 0.05) is 46.0 Å². The monoisotopic (exact) mass is 506 g/mol. The van der Waals surface area contributed by atoms with Crippen LogP contribution in [0.4, 0.5) is 13.2 Å². The maximum atomic E-state index is 13.3. The van der Waals surface area contributed by atoms with Gasteiger partial charge in [0.1, 0.15) is 11.4 Å². The number of fused-ring (bicyclic) bond motifs is 1. The number of likely N-dealkylation sites (tertiary alicyclic amines) is 1. The van der Waals surface area contributed by atoms with E-state index in [0.29, 0.717) is 35.6 Å². The lowest BCUT2D eigenvalue weighted by atomic mass is 9.98. The molecule has 1 amide bonds. The van der Waals surface area contributed by atoms with Crippen molar-refractivity contribution in [1.29, 1.82) is 0 Å². The highest BCUT2D eigenvalue weighted by Gasteiger charge is 2.56. The topological polar surface area (TPSA) is 50.6 Å². The summed E-state index contributed by atoms with van der Waals surface area (Å²) in [4.78, 5) is 21.9. The van der Waals surface area contributed by atoms with Crippen molar-refractivity contribution in [2.45, 2.75) is 52.4 Å². The van der Waals surface area contributed by atoms with Crippen molar-refractivity contribution in [3.63, 3.8) is 0 Å². The van der Waals surface area contributed by atoms with E-state index in [0.717, 1.165) is 25.6 Å². The fourth-order valence-electron chi connectivity index (χ4n) is 5.66. The molecule has 36 heavy (non-hydrogen) atoms. The van der Waals surface area contributed by atoms with Crippen LogP contribution in [0.3, 0.4) is 0 Å². The first kappa shape index (κ1) is 26.5. The molecule has 2 aliphatic rings. The first-order valence-corrected chi connectivity index (χ1v) is 13.0. The van der Waals surface area contributed by atoms with Crippen LogP contribution in [0.15, 0.2) is 36.8 Å². The van der Waals surface area contributed by atoms with Crippen molar-refractivity contribution < 1.29 is 22.7 Å². The molecule has 0 spiro atoms. The number of carbonyl (C=O) groups is 1. The van der Waals surface area contributed by atoms with Gasteiger partial charge in [0.15, 0.2) is 0 Å². The molecule has 1 aliphatic carbocycles. The number of benzene rings is 1. The summed E-state index contributed by atoms with van der Waals surface area (Å²) in [6.07, 6.45) is 3.50. The van der Waals surface area contributed by atoms with Crippen LogP contribution < -0.4 is 4.74 Å². The number of aromatic nitrogens is 2. The second-order valence-corrected chi connectivity index (χ2v) is 10.4. The predicted octanol–water partition coefficient (Wildman–Crippen LogP) is 5.36. The molecule has 2 aromatic rings. The summed E-state index contributed by atoms with van der Waals surface area (Å²) >= 11 is 0. The smallest absolute Gasteiger partial charge is 0.406 e. The van der Waals surface area contributed by atoms with Gasteiger partial charge in [-0.25, -0.2) is 4.98 Å². The molecule has 4 rings (SSSR count). The highest BCUT2D eigenvalue weighted by atomic mass is 19.4. The fourth-order valence-corrected chi connectivity index (χ4v) is 5.66. The number of aryl methyl sites for hydroxylation is 1. The number of amides is 1. The SMILES string of the molecule is CCCCC(CC)CN1CC2C(C1)C2CN(Cc1cccc(OC(F)(F)F)c1)C(=O)c1cn(C)cn1. The number of rotatable bonds is 12. The number of nitrogens with zero attached hydrogens (tertiary/aromatic N) is 4. The number of carbonyl (C=O) groups excluding carboxylic acids is 1. The summed E-state index contributed by atoms with van der Waals surface area (Å²) < 4.78 is 43.9. The lowest BCUT2D eigenvalue weighted by Gasteiger charge is -2.27. The molecule has 1 aromatic carbocycles. The van der Waals surface area contributed by atoms with E-state index < -0.39 is 6.36 Å². The Morgan fingerprint density at radius 1 is 1.25 bits per heavy atom. The van der Waals surface area contributed by atoms with Crippen LogP contribution in [0, 0.1) is 23.7 Å². The van der Waals surface area contributed by atoms with E-state index in [1.165, 1.54) is 43.9 Å². The lowest BCUT2D eigenvalue weighted by molar-refractivity contribution is -0.274. The summed E-state index contributed by atoms with van der Waals surface area (Å²) in [6, 6.07) is 5.86. The van der Waals surface area contributed by atoms with Crippen molar-refractivity contribution >= 4 is 5.91 Å². The van der Waals surface area contributed by atoms with Crippen LogP contribution in [0.2, 0.25) is 0 Å². The third kappa shape index (κ3) is 6.81. The van der Waals surface area contributed by atoms with Crippen LogP contribution in [-0.2, 0) is 13.6 Å². The van der Waals surface area contributed by atoms with E-state index in [4.69, 9.17) is 0 Å². The van der Waals surface area contributed by atoms with Crippen molar-refractivity contribution in [3.8, 4) is 5.75 Å². The van der Waals surface area contributed by atoms with E-state index in [2.05, 4.69) is 28.5 Å². The number of piperidine rings is 1. The molecular formula is C27H37F3N4O2. The van der Waals surface area contributed by atoms with Crippen molar-refractivity contribution in [2.24, 2.45) is 30.7 Å². The number of hydrogen-bond donors (Lipinski definition) is 0. The van der Waals surface area contributed by atoms with E-state index in [-0.39, 0.29) is 18.2 Å². The summed E-state index contributed by atoms with van der Waals surface area (Å²) in [7, 11) is 1.80. The van der Waals surface area contributed by atoms with Crippen LogP contribution >= 0.6 is 0 Å². The third-order valence-corrected chi connectivity index (χ3v) is 7.65. The average molecular weight is 507 g/mol. The standard InChI is InChI=1S/C27H37F3N4O2/c1-4-6-8-19(5-2)12-33-14-22-23(15-33)24(22)16-34(26(35)25-17-32(3)18-31-25)13-20-9-7-10-21(11-20)36-27(28,29)30/h7,9-11,17-19,22-24H,4-6,8,12-16H2,1-3H3. The summed E-state index contributed by atoms with van der Waals surface area (Å²) in [5, 5.41) is 0. The highest BCUT2D eigenvalue weighted by molar-refractivity contribution is 5.92. The van der Waals surface area contributed by atoms with Crippen molar-refractivity contribution in [3.05, 3.63) is 48.0 Å². The molecule has 0 radical (unpaired) electrons. The van der Waals surface area contributed by atoms with Crippen LogP contribution in [0.1, 0.15) is 55.6 Å². The molecule has 2 fully saturated rings. The normalized spacial score (nSPS) is 22.3. The fraction of sp³-hybridized carbons (Fsp3) is 0.630. The molecule has 9 heteroatoms. The van der Waals surface area contributed by atoms with Crippen LogP contribution in [0.5, 0.6) is 5.75 Å². The Bertz CT molecular complexity index is 1010. The Morgan fingerprint density at radius 3 is 2.61 bits per heavy atom. The zero-order chi connectivity index (χ0) is 25.9. The van der Waals surface area contributed by atoms with E-state index in [1.54, 1.807) is 35.1 Å². The van der Waals surface area contributed by atoms with Crippen molar-refractivity contribution in [1.82, 2.24) is 19.4 Å². The first-order valence-electron chi connectivity index (χ1n) is 13.0. The van der Waals surface area contributed by atoms with E-state index in [1.807, 2.05) is 0 Å². The van der Waals surface area contributed by atoms with Gasteiger partial charge in [-0.1, -0.05) is 45.2 Å². The molecule has 0 N–H and O–H groups in total. The van der Waals surface area contributed by atoms with E-state index >= 15 is 0 Å². The van der Waals surface area contributed by atoms with Gasteiger partial charge in [0.05, 0.1) is 6.33 Å². The Balaban J connectivity index is 1.40. The van der Waals surface area contributed by atoms with Gasteiger partial charge < -0.3 is 19.1 Å². The second kappa shape index (κ2) is 11.2. The Labute approximate surface area is 211 Å². The van der Waals surface area contributed by atoms with Gasteiger partial charge in [-0.2, -0.15) is 0 Å². The second-order valence-electron chi connectivity index (χ2n) is 10.4.